The predicted octanol–water partition coefficient (Wildman–Crippen LogP) is -2.45. The highest BCUT2D eigenvalue weighted by atomic mass is 28.1. The van der Waals surface area contributed by atoms with Crippen molar-refractivity contribution >= 4 is 28.9 Å². The summed E-state index contributed by atoms with van der Waals surface area (Å²) >= 11 is 0. The molecule has 3 amide bonds. The van der Waals surface area contributed by atoms with Crippen LogP contribution in [-0.4, -0.2) is 51.6 Å². The molecule has 106 valence electrons. The molecule has 0 spiro atoms. The minimum absolute atomic E-state index is 0. The second kappa shape index (κ2) is 9.42. The number of primary amides is 2. The number of carboxylic acids is 1. The van der Waals surface area contributed by atoms with Crippen LogP contribution in [0, 0.1) is 0 Å². The Kier molecular flexibility index (Phi) is 9.81. The van der Waals surface area contributed by atoms with Crippen molar-refractivity contribution in [3.8, 4) is 0 Å². The van der Waals surface area contributed by atoms with E-state index in [1.807, 2.05) is 6.92 Å². The van der Waals surface area contributed by atoms with E-state index < -0.39 is 23.9 Å². The van der Waals surface area contributed by atoms with Gasteiger partial charge in [0.05, 0.1) is 0 Å². The fourth-order valence-corrected chi connectivity index (χ4v) is 1.36. The quantitative estimate of drug-likeness (QED) is 0.288. The normalized spacial score (nSPS) is 11.4. The Morgan fingerprint density at radius 1 is 1.33 bits per heavy atom. The standard InChI is InChI=1S/C9H18N4O4.H4Si/c1-2-5-13(12-9(11)17)6(8(15)16)3-4-7(10)14;/h6H,2-5H2,1H3,(H2,10,14)(H,15,16)(H3,11,12,17);1H4. The van der Waals surface area contributed by atoms with Crippen LogP contribution in [0.5, 0.6) is 0 Å². The lowest BCUT2D eigenvalue weighted by molar-refractivity contribution is -0.144. The molecule has 0 rings (SSSR count). The molecule has 0 fully saturated rings. The second-order valence-electron chi connectivity index (χ2n) is 3.53. The van der Waals surface area contributed by atoms with Crippen LogP contribution < -0.4 is 16.9 Å². The number of hydrogen-bond acceptors (Lipinski definition) is 4. The zero-order valence-electron chi connectivity index (χ0n) is 9.68. The van der Waals surface area contributed by atoms with Gasteiger partial charge in [0.25, 0.3) is 0 Å². The second-order valence-corrected chi connectivity index (χ2v) is 3.53. The Labute approximate surface area is 110 Å². The van der Waals surface area contributed by atoms with E-state index >= 15 is 0 Å². The molecule has 1 atom stereocenters. The first-order valence-electron chi connectivity index (χ1n) is 5.22. The molecule has 18 heavy (non-hydrogen) atoms. The number of nitrogens with two attached hydrogens (primary N) is 2. The van der Waals surface area contributed by atoms with Gasteiger partial charge in [0.2, 0.25) is 5.91 Å². The third kappa shape index (κ3) is 7.63. The zero-order chi connectivity index (χ0) is 13.4. The number of hydrazine groups is 1. The van der Waals surface area contributed by atoms with E-state index in [0.717, 1.165) is 0 Å². The molecule has 0 aliphatic heterocycles. The Morgan fingerprint density at radius 2 is 1.89 bits per heavy atom. The Bertz CT molecular complexity index is 300. The van der Waals surface area contributed by atoms with Gasteiger partial charge < -0.3 is 16.6 Å². The minimum Gasteiger partial charge on any atom is -0.480 e. The summed E-state index contributed by atoms with van der Waals surface area (Å²) in [6.45, 7) is 2.14. The number of carboxylic acid groups (broad SMARTS) is 1. The van der Waals surface area contributed by atoms with E-state index in [1.54, 1.807) is 0 Å². The topological polar surface area (TPSA) is 139 Å². The van der Waals surface area contributed by atoms with Gasteiger partial charge in [-0.3, -0.25) is 15.0 Å². The van der Waals surface area contributed by atoms with Crippen LogP contribution in [0.3, 0.4) is 0 Å². The number of nitrogens with one attached hydrogen (secondary N) is 1. The van der Waals surface area contributed by atoms with Crippen molar-refractivity contribution in [2.24, 2.45) is 11.5 Å². The fraction of sp³-hybridized carbons (Fsp3) is 0.667. The number of rotatable bonds is 8. The van der Waals surface area contributed by atoms with Crippen molar-refractivity contribution < 1.29 is 19.5 Å². The smallest absolute Gasteiger partial charge is 0.326 e. The third-order valence-electron chi connectivity index (χ3n) is 2.04. The lowest BCUT2D eigenvalue weighted by Crippen LogP contribution is -2.53. The first-order valence-corrected chi connectivity index (χ1v) is 5.22. The van der Waals surface area contributed by atoms with Gasteiger partial charge in [0, 0.05) is 13.0 Å². The molecule has 1 unspecified atom stereocenters. The van der Waals surface area contributed by atoms with E-state index in [2.05, 4.69) is 5.43 Å². The van der Waals surface area contributed by atoms with Crippen LogP contribution in [0.2, 0.25) is 0 Å². The molecule has 0 aromatic rings. The summed E-state index contributed by atoms with van der Waals surface area (Å²) < 4.78 is 0. The van der Waals surface area contributed by atoms with Gasteiger partial charge in [0.1, 0.15) is 6.04 Å². The molecule has 9 heteroatoms. The van der Waals surface area contributed by atoms with E-state index in [9.17, 15) is 14.4 Å². The molecule has 8 nitrogen and oxygen atoms in total. The largest absolute Gasteiger partial charge is 0.480 e. The molecule has 0 bridgehead atoms. The number of nitrogens with zero attached hydrogens (tertiary/aromatic N) is 1. The van der Waals surface area contributed by atoms with E-state index in [1.165, 1.54) is 5.01 Å². The van der Waals surface area contributed by atoms with Gasteiger partial charge in [-0.25, -0.2) is 9.80 Å². The molecular weight excluding hydrogens is 256 g/mol. The van der Waals surface area contributed by atoms with Crippen LogP contribution in [0.15, 0.2) is 0 Å². The molecule has 0 aromatic heterocycles. The summed E-state index contributed by atoms with van der Waals surface area (Å²) in [5, 5.41) is 10.2. The molecule has 0 heterocycles. The maximum Gasteiger partial charge on any atom is 0.326 e. The van der Waals surface area contributed by atoms with Gasteiger partial charge in [-0.1, -0.05) is 6.92 Å². The predicted molar refractivity (Wildman–Crippen MR) is 70.9 cm³/mol. The molecule has 0 saturated carbocycles. The summed E-state index contributed by atoms with van der Waals surface area (Å²) in [4.78, 5) is 32.4. The zero-order valence-corrected chi connectivity index (χ0v) is 9.68. The Hall–Kier alpha value is -1.61. The van der Waals surface area contributed by atoms with Crippen molar-refractivity contribution in [1.82, 2.24) is 10.4 Å². The average Bonchev–Trinajstić information content (AvgIpc) is 2.16. The first kappa shape index (κ1) is 18.7. The molecule has 0 aliphatic rings. The Morgan fingerprint density at radius 3 is 2.22 bits per heavy atom. The maximum atomic E-state index is 11.0. The number of aliphatic carboxylic acids is 1. The van der Waals surface area contributed by atoms with Gasteiger partial charge in [-0.15, -0.1) is 0 Å². The van der Waals surface area contributed by atoms with Gasteiger partial charge >= 0.3 is 12.0 Å². The average molecular weight is 278 g/mol. The molecule has 0 aromatic carbocycles. The van der Waals surface area contributed by atoms with Crippen molar-refractivity contribution in [1.29, 1.82) is 0 Å². The van der Waals surface area contributed by atoms with Crippen molar-refractivity contribution in [3.63, 3.8) is 0 Å². The summed E-state index contributed by atoms with van der Waals surface area (Å²) in [5.74, 6) is -1.74. The minimum atomic E-state index is -1.14. The molecular formula is C9H22N4O4Si. The summed E-state index contributed by atoms with van der Waals surface area (Å²) in [7, 11) is 0. The Balaban J connectivity index is 0. The van der Waals surface area contributed by atoms with Gasteiger partial charge in [-0.2, -0.15) is 0 Å². The van der Waals surface area contributed by atoms with Gasteiger partial charge in [-0.05, 0) is 23.8 Å². The van der Waals surface area contributed by atoms with E-state index in [4.69, 9.17) is 16.6 Å². The van der Waals surface area contributed by atoms with Gasteiger partial charge in [0.15, 0.2) is 0 Å². The van der Waals surface area contributed by atoms with E-state index in [-0.39, 0.29) is 23.8 Å². The number of amides is 3. The highest BCUT2D eigenvalue weighted by molar-refractivity contribution is 5.78. The number of urea groups is 1. The molecule has 0 saturated heterocycles. The van der Waals surface area contributed by atoms with Crippen molar-refractivity contribution in [3.05, 3.63) is 0 Å². The maximum absolute atomic E-state index is 11.0. The van der Waals surface area contributed by atoms with Crippen LogP contribution in [0.1, 0.15) is 26.2 Å². The van der Waals surface area contributed by atoms with Crippen LogP contribution in [-0.2, 0) is 9.59 Å². The third-order valence-corrected chi connectivity index (χ3v) is 2.04. The fourth-order valence-electron chi connectivity index (χ4n) is 1.36. The van der Waals surface area contributed by atoms with Crippen molar-refractivity contribution in [2.75, 3.05) is 6.54 Å². The summed E-state index contributed by atoms with van der Waals surface area (Å²) in [6, 6.07) is -1.86. The number of carbonyl (C=O) groups excluding carboxylic acids is 2. The van der Waals surface area contributed by atoms with E-state index in [0.29, 0.717) is 13.0 Å². The highest BCUT2D eigenvalue weighted by Gasteiger charge is 2.26. The van der Waals surface area contributed by atoms with Crippen molar-refractivity contribution in [2.45, 2.75) is 32.2 Å². The highest BCUT2D eigenvalue weighted by Crippen LogP contribution is 2.06. The monoisotopic (exact) mass is 278 g/mol. The molecule has 0 radical (unpaired) electrons. The van der Waals surface area contributed by atoms with Crippen LogP contribution in [0.25, 0.3) is 0 Å². The molecule has 6 N–H and O–H groups in total. The number of hydrogen-bond donors (Lipinski definition) is 4. The SMILES string of the molecule is CCCN(NC(N)=O)C(CCC(N)=O)C(=O)O.[SiH4]. The lowest BCUT2D eigenvalue weighted by atomic mass is 10.1. The summed E-state index contributed by atoms with van der Waals surface area (Å²) in [5.41, 5.74) is 12.1. The lowest BCUT2D eigenvalue weighted by Gasteiger charge is -2.27. The molecule has 0 aliphatic carbocycles. The van der Waals surface area contributed by atoms with Crippen LogP contribution >= 0.6 is 0 Å². The van der Waals surface area contributed by atoms with Crippen LogP contribution in [0.4, 0.5) is 4.79 Å². The summed E-state index contributed by atoms with van der Waals surface area (Å²) in [6.07, 6.45) is 0.573. The number of carbonyl (C=O) groups is 3. The first-order chi connectivity index (χ1) is 7.88.